The maximum atomic E-state index is 11.7. The van der Waals surface area contributed by atoms with Crippen LogP contribution in [0.3, 0.4) is 0 Å². The number of hydrogen-bond donors (Lipinski definition) is 0. The Morgan fingerprint density at radius 3 is 2.25 bits per heavy atom. The van der Waals surface area contributed by atoms with Crippen molar-refractivity contribution in [2.24, 2.45) is 0 Å². The fourth-order valence-corrected chi connectivity index (χ4v) is 6.36. The highest BCUT2D eigenvalue weighted by Gasteiger charge is 2.37. The van der Waals surface area contributed by atoms with Crippen molar-refractivity contribution in [1.29, 1.82) is 0 Å². The van der Waals surface area contributed by atoms with Gasteiger partial charge < -0.3 is 9.16 Å². The van der Waals surface area contributed by atoms with Crippen LogP contribution in [0.4, 0.5) is 0 Å². The molecule has 0 rings (SSSR count). The van der Waals surface area contributed by atoms with E-state index in [1.54, 1.807) is 0 Å². The standard InChI is InChI=1S/C15H29IO3Si/c1-6-18-15(17)12-14(10-9-11-16)19-20(7-2,8-3)13(4)5/h9,11,13-14H,6-8,10,12H2,1-5H3/b11-9+/t14-/m0/s1. The lowest BCUT2D eigenvalue weighted by Gasteiger charge is -2.36. The Bertz CT molecular complexity index is 301. The second-order valence-electron chi connectivity index (χ2n) is 5.27. The van der Waals surface area contributed by atoms with Gasteiger partial charge in [-0.2, -0.15) is 0 Å². The molecule has 0 aromatic heterocycles. The number of carbonyl (C=O) groups is 1. The van der Waals surface area contributed by atoms with E-state index < -0.39 is 8.32 Å². The van der Waals surface area contributed by atoms with Crippen molar-refractivity contribution in [3.63, 3.8) is 0 Å². The van der Waals surface area contributed by atoms with E-state index in [2.05, 4.69) is 56.4 Å². The summed E-state index contributed by atoms with van der Waals surface area (Å²) in [6.45, 7) is 11.2. The van der Waals surface area contributed by atoms with Crippen LogP contribution >= 0.6 is 22.6 Å². The predicted octanol–water partition coefficient (Wildman–Crippen LogP) is 5.06. The van der Waals surface area contributed by atoms with Crippen LogP contribution < -0.4 is 0 Å². The molecule has 0 N–H and O–H groups in total. The summed E-state index contributed by atoms with van der Waals surface area (Å²) in [5.41, 5.74) is 0.561. The third-order valence-electron chi connectivity index (χ3n) is 3.84. The topological polar surface area (TPSA) is 35.5 Å². The first-order valence-corrected chi connectivity index (χ1v) is 11.2. The molecular formula is C15H29IO3Si. The van der Waals surface area contributed by atoms with Gasteiger partial charge in [0.25, 0.3) is 0 Å². The lowest BCUT2D eigenvalue weighted by atomic mass is 10.2. The second kappa shape index (κ2) is 10.8. The van der Waals surface area contributed by atoms with E-state index in [9.17, 15) is 4.79 Å². The molecule has 0 saturated heterocycles. The summed E-state index contributed by atoms with van der Waals surface area (Å²) in [5.74, 6) is -0.154. The third kappa shape index (κ3) is 6.71. The van der Waals surface area contributed by atoms with Gasteiger partial charge in [0, 0.05) is 0 Å². The molecule has 118 valence electrons. The van der Waals surface area contributed by atoms with Crippen LogP contribution in [0, 0.1) is 0 Å². The smallest absolute Gasteiger partial charge is 0.308 e. The minimum atomic E-state index is -1.77. The average Bonchev–Trinajstić information content (AvgIpc) is 2.41. The molecule has 0 saturated carbocycles. The van der Waals surface area contributed by atoms with E-state index in [4.69, 9.17) is 9.16 Å². The molecule has 20 heavy (non-hydrogen) atoms. The third-order valence-corrected chi connectivity index (χ3v) is 9.65. The largest absolute Gasteiger partial charge is 0.466 e. The van der Waals surface area contributed by atoms with Crippen molar-refractivity contribution >= 4 is 36.9 Å². The SMILES string of the molecule is CCOC(=O)C[C@H](C/C=C/I)O[Si](CC)(CC)C(C)C. The van der Waals surface area contributed by atoms with Crippen LogP contribution in [0.5, 0.6) is 0 Å². The molecule has 0 aliphatic carbocycles. The highest BCUT2D eigenvalue weighted by molar-refractivity contribution is 14.1. The van der Waals surface area contributed by atoms with Crippen LogP contribution in [-0.2, 0) is 14.0 Å². The quantitative estimate of drug-likeness (QED) is 0.286. The van der Waals surface area contributed by atoms with E-state index in [-0.39, 0.29) is 12.1 Å². The van der Waals surface area contributed by atoms with Gasteiger partial charge in [-0.25, -0.2) is 0 Å². The number of hydrogen-bond acceptors (Lipinski definition) is 3. The molecule has 0 fully saturated rings. The second-order valence-corrected chi connectivity index (χ2v) is 10.9. The Labute approximate surface area is 138 Å². The van der Waals surface area contributed by atoms with E-state index >= 15 is 0 Å². The molecule has 0 bridgehead atoms. The molecule has 0 aliphatic heterocycles. The Kier molecular flexibility index (Phi) is 10.9. The Morgan fingerprint density at radius 1 is 1.25 bits per heavy atom. The normalized spacial score (nSPS) is 13.9. The van der Waals surface area contributed by atoms with Gasteiger partial charge in [0.1, 0.15) is 0 Å². The Hall–Kier alpha value is 0.117. The summed E-state index contributed by atoms with van der Waals surface area (Å²) in [6, 6.07) is 2.18. The van der Waals surface area contributed by atoms with Crippen molar-refractivity contribution in [3.05, 3.63) is 10.2 Å². The van der Waals surface area contributed by atoms with Gasteiger partial charge in [-0.3, -0.25) is 4.79 Å². The molecule has 0 heterocycles. The van der Waals surface area contributed by atoms with Gasteiger partial charge in [0.15, 0.2) is 8.32 Å². The fourth-order valence-electron chi connectivity index (χ4n) is 2.48. The monoisotopic (exact) mass is 412 g/mol. The van der Waals surface area contributed by atoms with E-state index in [1.807, 2.05) is 11.0 Å². The lowest BCUT2D eigenvalue weighted by molar-refractivity contribution is -0.145. The zero-order valence-corrected chi connectivity index (χ0v) is 16.6. The van der Waals surface area contributed by atoms with Crippen molar-refractivity contribution in [2.45, 2.75) is 71.2 Å². The van der Waals surface area contributed by atoms with Crippen LogP contribution in [0.15, 0.2) is 10.2 Å². The summed E-state index contributed by atoms with van der Waals surface area (Å²) >= 11 is 2.20. The first kappa shape index (κ1) is 20.1. The predicted molar refractivity (Wildman–Crippen MR) is 95.7 cm³/mol. The van der Waals surface area contributed by atoms with Crippen molar-refractivity contribution in [3.8, 4) is 0 Å². The molecular weight excluding hydrogens is 383 g/mol. The minimum Gasteiger partial charge on any atom is -0.466 e. The molecule has 0 amide bonds. The van der Waals surface area contributed by atoms with Gasteiger partial charge in [-0.1, -0.05) is 56.4 Å². The van der Waals surface area contributed by atoms with Gasteiger partial charge in [-0.05, 0) is 35.1 Å². The van der Waals surface area contributed by atoms with Gasteiger partial charge >= 0.3 is 5.97 Å². The van der Waals surface area contributed by atoms with Crippen LogP contribution in [0.1, 0.15) is 47.5 Å². The van der Waals surface area contributed by atoms with Gasteiger partial charge in [0.05, 0.1) is 19.1 Å². The molecule has 5 heteroatoms. The van der Waals surface area contributed by atoms with Crippen LogP contribution in [0.25, 0.3) is 0 Å². The summed E-state index contributed by atoms with van der Waals surface area (Å²) in [4.78, 5) is 11.7. The van der Waals surface area contributed by atoms with E-state index in [1.165, 1.54) is 0 Å². The van der Waals surface area contributed by atoms with Gasteiger partial charge in [-0.15, -0.1) is 0 Å². The summed E-state index contributed by atoms with van der Waals surface area (Å²) in [6.07, 6.45) is 3.16. The molecule has 0 aliphatic rings. The fraction of sp³-hybridized carbons (Fsp3) is 0.800. The first-order chi connectivity index (χ1) is 9.45. The summed E-state index contributed by atoms with van der Waals surface area (Å²) < 4.78 is 13.5. The molecule has 0 radical (unpaired) electrons. The average molecular weight is 412 g/mol. The zero-order valence-electron chi connectivity index (χ0n) is 13.4. The highest BCUT2D eigenvalue weighted by Crippen LogP contribution is 2.32. The zero-order chi connectivity index (χ0) is 15.6. The van der Waals surface area contributed by atoms with Crippen LogP contribution in [-0.4, -0.2) is 27.0 Å². The number of carbonyl (C=O) groups excluding carboxylic acids is 1. The molecule has 3 nitrogen and oxygen atoms in total. The maximum Gasteiger partial charge on any atom is 0.308 e. The lowest BCUT2D eigenvalue weighted by Crippen LogP contribution is -2.44. The first-order valence-electron chi connectivity index (χ1n) is 7.54. The summed E-state index contributed by atoms with van der Waals surface area (Å²) in [5, 5.41) is 0. The molecule has 0 spiro atoms. The number of ether oxygens (including phenoxy) is 1. The number of rotatable bonds is 10. The van der Waals surface area contributed by atoms with Crippen molar-refractivity contribution in [2.75, 3.05) is 6.61 Å². The Balaban J connectivity index is 4.88. The van der Waals surface area contributed by atoms with E-state index in [0.29, 0.717) is 18.6 Å². The van der Waals surface area contributed by atoms with Crippen molar-refractivity contribution in [1.82, 2.24) is 0 Å². The molecule has 0 aromatic rings. The highest BCUT2D eigenvalue weighted by atomic mass is 127. The Morgan fingerprint density at radius 2 is 1.85 bits per heavy atom. The summed E-state index contributed by atoms with van der Waals surface area (Å²) in [7, 11) is -1.77. The van der Waals surface area contributed by atoms with Gasteiger partial charge in [0.2, 0.25) is 0 Å². The van der Waals surface area contributed by atoms with Crippen LogP contribution in [0.2, 0.25) is 17.6 Å². The minimum absolute atomic E-state index is 0.0472. The molecule has 1 atom stereocenters. The molecule has 0 unspecified atom stereocenters. The maximum absolute atomic E-state index is 11.7. The molecule has 0 aromatic carbocycles. The number of esters is 1. The van der Waals surface area contributed by atoms with E-state index in [0.717, 1.165) is 18.5 Å². The number of halogens is 1. The van der Waals surface area contributed by atoms with Crippen molar-refractivity contribution < 1.29 is 14.0 Å².